The number of hydrogen-bond donors (Lipinski definition) is 1. The summed E-state index contributed by atoms with van der Waals surface area (Å²) in [7, 11) is 0. The molecule has 0 fully saturated rings. The number of hydrogen-bond acceptors (Lipinski definition) is 3. The van der Waals surface area contributed by atoms with Gasteiger partial charge in [0.05, 0.1) is 5.56 Å². The van der Waals surface area contributed by atoms with E-state index in [-0.39, 0.29) is 0 Å². The zero-order valence-corrected chi connectivity index (χ0v) is 12.6. The van der Waals surface area contributed by atoms with Crippen molar-refractivity contribution >= 4 is 29.5 Å². The molecule has 0 heterocycles. The molecule has 0 aliphatic heterocycles. The lowest BCUT2D eigenvalue weighted by Gasteiger charge is -2.16. The van der Waals surface area contributed by atoms with Crippen LogP contribution in [0.4, 0.5) is 5.69 Å². The van der Waals surface area contributed by atoms with E-state index >= 15 is 0 Å². The van der Waals surface area contributed by atoms with Gasteiger partial charge in [-0.15, -0.1) is 0 Å². The van der Waals surface area contributed by atoms with Gasteiger partial charge < -0.3 is 10.4 Å². The van der Waals surface area contributed by atoms with Gasteiger partial charge in [0.1, 0.15) is 0 Å². The maximum atomic E-state index is 12.5. The van der Waals surface area contributed by atoms with Crippen LogP contribution in [0.25, 0.3) is 0 Å². The number of nitrogens with two attached hydrogens (primary N) is 1. The number of rotatable bonds is 4. The van der Waals surface area contributed by atoms with Crippen molar-refractivity contribution in [1.29, 1.82) is 0 Å². The molecule has 0 saturated heterocycles. The van der Waals surface area contributed by atoms with Crippen LogP contribution in [0.3, 0.4) is 0 Å². The quantitative estimate of drug-likeness (QED) is 0.594. The largest absolute Gasteiger partial charge is 0.522 e. The lowest BCUT2D eigenvalue weighted by molar-refractivity contribution is 0.0740. The average molecular weight is 301 g/mol. The summed E-state index contributed by atoms with van der Waals surface area (Å²) in [4.78, 5) is 12.5. The average Bonchev–Trinajstić information content (AvgIpc) is 2.61. The molecule has 112 valence electrons. The second-order valence-corrected chi connectivity index (χ2v) is 5.19. The van der Waals surface area contributed by atoms with Crippen LogP contribution in [0, 0.1) is 0 Å². The highest BCUT2D eigenvalue weighted by atomic mass is 16.5. The molecule has 0 aromatic heterocycles. The molecule has 23 heavy (non-hydrogen) atoms. The van der Waals surface area contributed by atoms with Crippen LogP contribution in [0.2, 0.25) is 0 Å². The summed E-state index contributed by atoms with van der Waals surface area (Å²) in [5.41, 5.74) is 8.50. The molecule has 3 nitrogen and oxygen atoms in total. The van der Waals surface area contributed by atoms with Crippen molar-refractivity contribution in [2.45, 2.75) is 0 Å². The third-order valence-electron chi connectivity index (χ3n) is 3.61. The predicted octanol–water partition coefficient (Wildman–Crippen LogP) is 2.23. The Kier molecular flexibility index (Phi) is 4.43. The van der Waals surface area contributed by atoms with Crippen LogP contribution in [-0.2, 0) is 4.65 Å². The Bertz CT molecular complexity index is 751. The summed E-state index contributed by atoms with van der Waals surface area (Å²) in [6.45, 7) is -0.468. The maximum absolute atomic E-state index is 12.5. The molecule has 0 saturated carbocycles. The molecule has 0 spiro atoms. The van der Waals surface area contributed by atoms with E-state index in [1.807, 2.05) is 60.7 Å². The van der Waals surface area contributed by atoms with E-state index in [0.29, 0.717) is 11.3 Å². The van der Waals surface area contributed by atoms with Crippen LogP contribution in [-0.4, -0.2) is 12.9 Å². The Balaban J connectivity index is 1.94. The molecule has 0 aliphatic rings. The second kappa shape index (κ2) is 6.84. The predicted molar refractivity (Wildman–Crippen MR) is 94.2 cm³/mol. The topological polar surface area (TPSA) is 52.3 Å². The van der Waals surface area contributed by atoms with Crippen LogP contribution < -0.4 is 16.7 Å². The number of benzene rings is 3. The zero-order chi connectivity index (χ0) is 16.1. The highest BCUT2D eigenvalue weighted by Crippen LogP contribution is 2.12. The molecule has 0 amide bonds. The Morgan fingerprint density at radius 1 is 0.739 bits per heavy atom. The minimum absolute atomic E-state index is 0.379. The van der Waals surface area contributed by atoms with Gasteiger partial charge in [-0.1, -0.05) is 72.8 Å². The van der Waals surface area contributed by atoms with E-state index in [1.165, 1.54) is 0 Å². The molecule has 2 N–H and O–H groups in total. The van der Waals surface area contributed by atoms with Crippen LogP contribution >= 0.6 is 0 Å². The summed E-state index contributed by atoms with van der Waals surface area (Å²) in [6.07, 6.45) is 0. The first kappa shape index (κ1) is 14.9. The lowest BCUT2D eigenvalue weighted by atomic mass is 9.55. The third kappa shape index (κ3) is 3.43. The Labute approximate surface area is 135 Å². The third-order valence-corrected chi connectivity index (χ3v) is 3.61. The molecular formula is C19H16BNO2. The highest BCUT2D eigenvalue weighted by molar-refractivity contribution is 6.81. The number of carbonyl (C=O) groups excluding carboxylic acids is 1. The van der Waals surface area contributed by atoms with Crippen molar-refractivity contribution in [1.82, 2.24) is 0 Å². The van der Waals surface area contributed by atoms with Crippen LogP contribution in [0.1, 0.15) is 10.4 Å². The fraction of sp³-hybridized carbons (Fsp3) is 0. The number of anilines is 1. The van der Waals surface area contributed by atoms with E-state index in [1.54, 1.807) is 24.3 Å². The van der Waals surface area contributed by atoms with Crippen molar-refractivity contribution in [3.63, 3.8) is 0 Å². The molecular weight excluding hydrogens is 285 g/mol. The lowest BCUT2D eigenvalue weighted by Crippen LogP contribution is -2.46. The second-order valence-electron chi connectivity index (χ2n) is 5.19. The fourth-order valence-electron chi connectivity index (χ4n) is 2.44. The van der Waals surface area contributed by atoms with Crippen LogP contribution in [0.5, 0.6) is 0 Å². The Morgan fingerprint density at radius 2 is 1.22 bits per heavy atom. The van der Waals surface area contributed by atoms with Crippen LogP contribution in [0.15, 0.2) is 84.9 Å². The summed E-state index contributed by atoms with van der Waals surface area (Å²) < 4.78 is 5.77. The van der Waals surface area contributed by atoms with E-state index in [4.69, 9.17) is 10.4 Å². The van der Waals surface area contributed by atoms with E-state index in [2.05, 4.69) is 0 Å². The molecule has 3 rings (SSSR count). The Morgan fingerprint density at radius 3 is 1.74 bits per heavy atom. The molecule has 0 radical (unpaired) electrons. The first-order valence-corrected chi connectivity index (χ1v) is 7.41. The molecule has 0 aliphatic carbocycles. The van der Waals surface area contributed by atoms with Crippen molar-refractivity contribution in [3.8, 4) is 0 Å². The van der Waals surface area contributed by atoms with Gasteiger partial charge in [0.2, 0.25) is 0 Å². The van der Waals surface area contributed by atoms with Gasteiger partial charge in [-0.25, -0.2) is 4.79 Å². The van der Waals surface area contributed by atoms with Gasteiger partial charge in [0, 0.05) is 5.69 Å². The normalized spacial score (nSPS) is 10.1. The van der Waals surface area contributed by atoms with Crippen molar-refractivity contribution in [2.24, 2.45) is 0 Å². The smallest absolute Gasteiger partial charge is 0.429 e. The van der Waals surface area contributed by atoms with Crippen molar-refractivity contribution in [2.75, 3.05) is 5.73 Å². The molecule has 0 atom stereocenters. The summed E-state index contributed by atoms with van der Waals surface area (Å²) in [5, 5.41) is 0. The summed E-state index contributed by atoms with van der Waals surface area (Å²) in [5.74, 6) is -0.430. The SMILES string of the molecule is Nc1ccccc1C(=O)OB(c1ccccc1)c1ccccc1. The van der Waals surface area contributed by atoms with Gasteiger partial charge in [-0.2, -0.15) is 0 Å². The number of para-hydroxylation sites is 1. The standard InChI is InChI=1S/C19H16BNO2/c21-18-14-8-7-13-17(18)19(22)23-20(15-9-3-1-4-10-15)16-11-5-2-6-12-16/h1-14H,21H2. The minimum Gasteiger partial charge on any atom is -0.522 e. The van der Waals surface area contributed by atoms with Gasteiger partial charge in [0.25, 0.3) is 0 Å². The minimum atomic E-state index is -0.468. The van der Waals surface area contributed by atoms with Crippen molar-refractivity contribution in [3.05, 3.63) is 90.5 Å². The van der Waals surface area contributed by atoms with Crippen molar-refractivity contribution < 1.29 is 9.45 Å². The molecule has 0 bridgehead atoms. The first-order valence-electron chi connectivity index (χ1n) is 7.41. The summed E-state index contributed by atoms with van der Waals surface area (Å²) >= 11 is 0. The number of nitrogen functional groups attached to an aromatic ring is 1. The Hall–Kier alpha value is -3.01. The number of carbonyl (C=O) groups is 1. The fourth-order valence-corrected chi connectivity index (χ4v) is 2.44. The zero-order valence-electron chi connectivity index (χ0n) is 12.6. The first-order chi connectivity index (χ1) is 11.3. The molecule has 4 heteroatoms. The van der Waals surface area contributed by atoms with Gasteiger partial charge >= 0.3 is 12.9 Å². The monoisotopic (exact) mass is 301 g/mol. The van der Waals surface area contributed by atoms with E-state index in [9.17, 15) is 4.79 Å². The maximum Gasteiger partial charge on any atom is 0.429 e. The highest BCUT2D eigenvalue weighted by Gasteiger charge is 2.26. The molecule has 3 aromatic rings. The van der Waals surface area contributed by atoms with Gasteiger partial charge in [0.15, 0.2) is 0 Å². The molecule has 3 aromatic carbocycles. The van der Waals surface area contributed by atoms with E-state index < -0.39 is 12.9 Å². The van der Waals surface area contributed by atoms with Gasteiger partial charge in [-0.05, 0) is 23.1 Å². The summed E-state index contributed by atoms with van der Waals surface area (Å²) in [6, 6.07) is 26.3. The van der Waals surface area contributed by atoms with E-state index in [0.717, 1.165) is 10.9 Å². The van der Waals surface area contributed by atoms with Gasteiger partial charge in [-0.3, -0.25) is 0 Å². The molecule has 0 unspecified atom stereocenters.